The molecule has 0 fully saturated rings. The van der Waals surface area contributed by atoms with Gasteiger partial charge in [-0.3, -0.25) is 14.6 Å². The number of amides is 2. The molecule has 2 aliphatic carbocycles. The minimum atomic E-state index is -0.854. The Labute approximate surface area is 219 Å². The van der Waals surface area contributed by atoms with Crippen LogP contribution in [0.3, 0.4) is 0 Å². The Morgan fingerprint density at radius 1 is 1.03 bits per heavy atom. The topological polar surface area (TPSA) is 98.3 Å². The van der Waals surface area contributed by atoms with Crippen LogP contribution in [-0.4, -0.2) is 43.9 Å². The summed E-state index contributed by atoms with van der Waals surface area (Å²) in [5.74, 6) is -1.51. The van der Waals surface area contributed by atoms with Crippen molar-refractivity contribution in [3.05, 3.63) is 95.4 Å². The Kier molecular flexibility index (Phi) is 7.26. The number of ether oxygens (including phenoxy) is 3. The number of aliphatic imine (C=N–C) groups is 1. The predicted octanol–water partition coefficient (Wildman–Crippen LogP) is 3.84. The van der Waals surface area contributed by atoms with Crippen LogP contribution in [0.5, 0.6) is 5.75 Å². The highest BCUT2D eigenvalue weighted by molar-refractivity contribution is 6.39. The third-order valence-electron chi connectivity index (χ3n) is 6.83. The molecule has 2 aromatic carbocycles. The van der Waals surface area contributed by atoms with E-state index in [0.29, 0.717) is 23.7 Å². The lowest BCUT2D eigenvalue weighted by atomic mass is 9.88. The molecule has 1 heterocycles. The SMILES string of the molecule is COC1=CC2=NC=CC(Oc3ccc(NC(=O)C(=O)NC4CCc5ccccc5C4)cc3F)C2C=C1OC. The maximum Gasteiger partial charge on any atom is 0.313 e. The quantitative estimate of drug-likeness (QED) is 0.568. The molecule has 3 atom stereocenters. The summed E-state index contributed by atoms with van der Waals surface area (Å²) in [6.45, 7) is 0. The maximum atomic E-state index is 15.0. The van der Waals surface area contributed by atoms with Crippen LogP contribution in [-0.2, 0) is 31.9 Å². The third-order valence-corrected chi connectivity index (χ3v) is 6.83. The van der Waals surface area contributed by atoms with Crippen LogP contribution in [0.15, 0.2) is 83.4 Å². The molecular weight excluding hydrogens is 489 g/mol. The number of fused-ring (bicyclic) bond motifs is 2. The van der Waals surface area contributed by atoms with E-state index < -0.39 is 23.7 Å². The van der Waals surface area contributed by atoms with Gasteiger partial charge in [0.25, 0.3) is 0 Å². The molecule has 2 amide bonds. The van der Waals surface area contributed by atoms with Gasteiger partial charge >= 0.3 is 11.8 Å². The molecule has 0 saturated heterocycles. The van der Waals surface area contributed by atoms with Gasteiger partial charge < -0.3 is 24.8 Å². The Morgan fingerprint density at radius 2 is 1.82 bits per heavy atom. The number of benzene rings is 2. The van der Waals surface area contributed by atoms with Gasteiger partial charge in [-0.25, -0.2) is 4.39 Å². The van der Waals surface area contributed by atoms with Gasteiger partial charge in [0.2, 0.25) is 0 Å². The van der Waals surface area contributed by atoms with Crippen molar-refractivity contribution in [3.8, 4) is 5.75 Å². The first-order valence-electron chi connectivity index (χ1n) is 12.4. The summed E-state index contributed by atoms with van der Waals surface area (Å²) in [7, 11) is 3.08. The van der Waals surface area contributed by atoms with E-state index in [-0.39, 0.29) is 23.4 Å². The Bertz CT molecular complexity index is 1380. The largest absolute Gasteiger partial charge is 0.493 e. The zero-order valence-electron chi connectivity index (χ0n) is 21.1. The number of anilines is 1. The molecule has 2 aromatic rings. The number of hydrogen-bond donors (Lipinski definition) is 2. The molecule has 8 nitrogen and oxygen atoms in total. The van der Waals surface area contributed by atoms with Gasteiger partial charge in [0.1, 0.15) is 6.10 Å². The first kappa shape index (κ1) is 25.3. The molecule has 3 unspecified atom stereocenters. The fourth-order valence-electron chi connectivity index (χ4n) is 4.87. The van der Waals surface area contributed by atoms with Crippen molar-refractivity contribution in [2.45, 2.75) is 31.4 Å². The molecule has 0 aromatic heterocycles. The number of methoxy groups -OCH3 is 2. The normalized spacial score (nSPS) is 21.6. The molecule has 0 bridgehead atoms. The summed E-state index contributed by atoms with van der Waals surface area (Å²) in [6.07, 6.45) is 8.63. The van der Waals surface area contributed by atoms with Gasteiger partial charge in [-0.05, 0) is 54.7 Å². The zero-order valence-corrected chi connectivity index (χ0v) is 21.1. The van der Waals surface area contributed by atoms with Crippen LogP contribution < -0.4 is 15.4 Å². The standard InChI is InChI=1S/C29H28FN3O5/c1-36-26-15-21-23(16-27(26)37-2)31-12-11-24(21)38-25-10-9-20(14-22(25)30)33-29(35)28(34)32-19-8-7-17-5-3-4-6-18(17)13-19/h3-6,9-12,14-16,19,21,24H,7-8,13H2,1-2H3,(H,32,34)(H,33,35). The van der Waals surface area contributed by atoms with Crippen molar-refractivity contribution < 1.29 is 28.2 Å². The number of allylic oxidation sites excluding steroid dienone is 1. The molecule has 0 radical (unpaired) electrons. The molecule has 38 heavy (non-hydrogen) atoms. The van der Waals surface area contributed by atoms with E-state index in [4.69, 9.17) is 14.2 Å². The van der Waals surface area contributed by atoms with Crippen LogP contribution in [0.4, 0.5) is 10.1 Å². The van der Waals surface area contributed by atoms with Gasteiger partial charge in [-0.1, -0.05) is 24.3 Å². The van der Waals surface area contributed by atoms with E-state index in [1.807, 2.05) is 24.3 Å². The Hall–Kier alpha value is -4.40. The van der Waals surface area contributed by atoms with Crippen LogP contribution in [0.1, 0.15) is 17.5 Å². The summed E-state index contributed by atoms with van der Waals surface area (Å²) in [4.78, 5) is 29.3. The van der Waals surface area contributed by atoms with Crippen molar-refractivity contribution >= 4 is 23.2 Å². The van der Waals surface area contributed by atoms with Crippen molar-refractivity contribution in [1.82, 2.24) is 5.32 Å². The number of nitrogens with zero attached hydrogens (tertiary/aromatic N) is 1. The van der Waals surface area contributed by atoms with Crippen LogP contribution in [0, 0.1) is 11.7 Å². The molecule has 2 N–H and O–H groups in total. The number of halogens is 1. The lowest BCUT2D eigenvalue weighted by molar-refractivity contribution is -0.136. The van der Waals surface area contributed by atoms with Crippen molar-refractivity contribution in [3.63, 3.8) is 0 Å². The average Bonchev–Trinajstić information content (AvgIpc) is 2.93. The second-order valence-corrected chi connectivity index (χ2v) is 9.23. The van der Waals surface area contributed by atoms with Crippen molar-refractivity contribution in [1.29, 1.82) is 0 Å². The maximum absolute atomic E-state index is 15.0. The van der Waals surface area contributed by atoms with E-state index in [1.54, 1.807) is 25.5 Å². The molecule has 0 spiro atoms. The lowest BCUT2D eigenvalue weighted by Crippen LogP contribution is -2.44. The molecular formula is C29H28FN3O5. The van der Waals surface area contributed by atoms with Gasteiger partial charge in [0.05, 0.1) is 25.8 Å². The molecule has 3 aliphatic rings. The summed E-state index contributed by atoms with van der Waals surface area (Å²) < 4.78 is 31.6. The second-order valence-electron chi connectivity index (χ2n) is 9.23. The summed E-state index contributed by atoms with van der Waals surface area (Å²) in [5, 5.41) is 5.25. The minimum absolute atomic E-state index is 0.00175. The number of nitrogens with one attached hydrogen (secondary N) is 2. The fraction of sp³-hybridized carbons (Fsp3) is 0.276. The van der Waals surface area contributed by atoms with E-state index in [0.717, 1.165) is 18.9 Å². The summed E-state index contributed by atoms with van der Waals surface area (Å²) >= 11 is 0. The van der Waals surface area contributed by atoms with Crippen LogP contribution >= 0.6 is 0 Å². The van der Waals surface area contributed by atoms with E-state index in [1.165, 1.54) is 30.4 Å². The summed E-state index contributed by atoms with van der Waals surface area (Å²) in [5.41, 5.74) is 3.29. The second kappa shape index (κ2) is 10.9. The monoisotopic (exact) mass is 517 g/mol. The van der Waals surface area contributed by atoms with E-state index in [2.05, 4.69) is 21.7 Å². The third kappa shape index (κ3) is 5.32. The summed E-state index contributed by atoms with van der Waals surface area (Å²) in [6, 6.07) is 12.0. The first-order chi connectivity index (χ1) is 18.4. The number of hydrogen-bond acceptors (Lipinski definition) is 6. The zero-order chi connectivity index (χ0) is 26.6. The molecule has 1 aliphatic heterocycles. The Morgan fingerprint density at radius 3 is 2.58 bits per heavy atom. The van der Waals surface area contributed by atoms with Gasteiger partial charge in [-0.2, -0.15) is 0 Å². The smallest absolute Gasteiger partial charge is 0.313 e. The van der Waals surface area contributed by atoms with Crippen LogP contribution in [0.2, 0.25) is 0 Å². The number of rotatable bonds is 6. The molecule has 9 heteroatoms. The minimum Gasteiger partial charge on any atom is -0.493 e. The van der Waals surface area contributed by atoms with Crippen LogP contribution in [0.25, 0.3) is 0 Å². The fourth-order valence-corrected chi connectivity index (χ4v) is 4.87. The highest BCUT2D eigenvalue weighted by atomic mass is 19.1. The first-order valence-corrected chi connectivity index (χ1v) is 12.4. The predicted molar refractivity (Wildman–Crippen MR) is 140 cm³/mol. The molecule has 196 valence electrons. The molecule has 5 rings (SSSR count). The number of carbonyl (C=O) groups excluding carboxylic acids is 2. The average molecular weight is 518 g/mol. The van der Waals surface area contributed by atoms with Gasteiger partial charge in [0.15, 0.2) is 23.1 Å². The van der Waals surface area contributed by atoms with Crippen molar-refractivity contribution in [2.75, 3.05) is 19.5 Å². The van der Waals surface area contributed by atoms with E-state index >= 15 is 0 Å². The van der Waals surface area contributed by atoms with E-state index in [9.17, 15) is 14.0 Å². The van der Waals surface area contributed by atoms with Crippen molar-refractivity contribution in [2.24, 2.45) is 10.9 Å². The molecule has 0 saturated carbocycles. The number of carbonyl (C=O) groups is 2. The highest BCUT2D eigenvalue weighted by Crippen LogP contribution is 2.31. The number of aryl methyl sites for hydroxylation is 1. The highest BCUT2D eigenvalue weighted by Gasteiger charge is 2.32. The Balaban J connectivity index is 1.20. The van der Waals surface area contributed by atoms with Gasteiger partial charge in [0, 0.05) is 30.1 Å². The van der Waals surface area contributed by atoms with Gasteiger partial charge in [-0.15, -0.1) is 0 Å². The lowest BCUT2D eigenvalue weighted by Gasteiger charge is -2.29.